The van der Waals surface area contributed by atoms with Crippen LogP contribution in [0, 0.1) is 23.7 Å². The number of rotatable bonds is 18. The summed E-state index contributed by atoms with van der Waals surface area (Å²) in [5.74, 6) is -4.19. The highest BCUT2D eigenvalue weighted by molar-refractivity contribution is 5.95. The third kappa shape index (κ3) is 9.63. The minimum atomic E-state index is -0.713. The predicted molar refractivity (Wildman–Crippen MR) is 124 cm³/mol. The number of nitrogens with zero attached hydrogens (tertiary/aromatic N) is 4. The molecule has 1 rings (SSSR count). The van der Waals surface area contributed by atoms with Crippen molar-refractivity contribution in [2.45, 2.75) is 0 Å². The molecule has 14 nitrogen and oxygen atoms in total. The van der Waals surface area contributed by atoms with Gasteiger partial charge in [-0.2, -0.15) is 0 Å². The van der Waals surface area contributed by atoms with Crippen LogP contribution < -0.4 is 0 Å². The van der Waals surface area contributed by atoms with Crippen molar-refractivity contribution in [1.29, 1.82) is 0 Å². The second kappa shape index (κ2) is 17.2. The van der Waals surface area contributed by atoms with Crippen LogP contribution in [0.3, 0.4) is 0 Å². The van der Waals surface area contributed by atoms with Gasteiger partial charge in [0.15, 0.2) is 0 Å². The Morgan fingerprint density at radius 2 is 0.806 bits per heavy atom. The molecule has 0 radical (unpaired) electrons. The zero-order valence-electron chi connectivity index (χ0n) is 20.1. The predicted octanol–water partition coefficient (Wildman–Crippen LogP) is -4.24. The first-order valence-electron chi connectivity index (χ1n) is 11.6. The largest absolute Gasteiger partial charge is 0.396 e. The topological polar surface area (TPSA) is 228 Å². The van der Waals surface area contributed by atoms with Gasteiger partial charge in [0.2, 0.25) is 0 Å². The number of carbonyl (C=O) groups is 2. The smallest absolute Gasteiger partial charge is 0.274 e. The quantitative estimate of drug-likeness (QED) is 0.0924. The molecule has 0 aliphatic carbocycles. The van der Waals surface area contributed by atoms with Crippen molar-refractivity contribution in [1.82, 2.24) is 19.8 Å². The lowest BCUT2D eigenvalue weighted by Gasteiger charge is -2.29. The molecule has 14 heteroatoms. The molecule has 2 amide bonds. The van der Waals surface area contributed by atoms with Crippen LogP contribution in [0.1, 0.15) is 21.0 Å². The van der Waals surface area contributed by atoms with Crippen LogP contribution in [0.5, 0.6) is 0 Å². The molecule has 0 bridgehead atoms. The first-order valence-corrected chi connectivity index (χ1v) is 11.6. The highest BCUT2D eigenvalue weighted by Crippen LogP contribution is 2.13. The molecule has 0 aliphatic heterocycles. The number of amides is 2. The molecule has 8 N–H and O–H groups in total. The van der Waals surface area contributed by atoms with E-state index in [9.17, 15) is 50.4 Å². The van der Waals surface area contributed by atoms with E-state index in [0.717, 1.165) is 12.4 Å². The Hall–Kier alpha value is -2.30. The molecule has 0 atom stereocenters. The van der Waals surface area contributed by atoms with Crippen LogP contribution in [0.25, 0.3) is 0 Å². The first-order chi connectivity index (χ1) is 17.3. The zero-order valence-corrected chi connectivity index (χ0v) is 20.1. The van der Waals surface area contributed by atoms with Crippen molar-refractivity contribution >= 4 is 11.8 Å². The van der Waals surface area contributed by atoms with E-state index in [1.54, 1.807) is 0 Å². The monoisotopic (exact) mass is 518 g/mol. The number of hydrogen-bond acceptors (Lipinski definition) is 12. The van der Waals surface area contributed by atoms with Crippen molar-refractivity contribution in [3.05, 3.63) is 23.8 Å². The van der Waals surface area contributed by atoms with Crippen molar-refractivity contribution in [3.8, 4) is 0 Å². The van der Waals surface area contributed by atoms with Gasteiger partial charge in [0.1, 0.15) is 11.4 Å². The summed E-state index contributed by atoms with van der Waals surface area (Å²) in [6.07, 6.45) is 2.23. The Morgan fingerprint density at radius 3 is 1.03 bits per heavy atom. The van der Waals surface area contributed by atoms with Gasteiger partial charge in [0.25, 0.3) is 11.8 Å². The summed E-state index contributed by atoms with van der Waals surface area (Å²) in [5.41, 5.74) is -0.487. The standard InChI is InChI=1S/C22H38N4O10/c27-7-15(8-28)3-25(4-16(9-29)10-30)21(35)19-1-23-2-20(24-19)22(36)26(5-17(11-31)12-32)6-18(13-33)14-34/h1-2,15-18,27-34H,3-14H2. The van der Waals surface area contributed by atoms with Crippen LogP contribution >= 0.6 is 0 Å². The average molecular weight is 519 g/mol. The molecular formula is C22H38N4O10. The Labute approximate surface area is 209 Å². The maximum absolute atomic E-state index is 13.2. The van der Waals surface area contributed by atoms with Gasteiger partial charge in [-0.3, -0.25) is 14.6 Å². The summed E-state index contributed by atoms with van der Waals surface area (Å²) >= 11 is 0. The van der Waals surface area contributed by atoms with Crippen LogP contribution in [-0.4, -0.2) is 151 Å². The lowest BCUT2D eigenvalue weighted by atomic mass is 10.1. The van der Waals surface area contributed by atoms with E-state index in [-0.39, 0.29) is 37.6 Å². The number of hydrogen-bond donors (Lipinski definition) is 8. The van der Waals surface area contributed by atoms with Crippen molar-refractivity contribution in [2.24, 2.45) is 23.7 Å². The molecule has 0 fully saturated rings. The van der Waals surface area contributed by atoms with E-state index in [1.807, 2.05) is 0 Å². The summed E-state index contributed by atoms with van der Waals surface area (Å²) < 4.78 is 0. The van der Waals surface area contributed by atoms with Gasteiger partial charge in [-0.05, 0) is 0 Å². The van der Waals surface area contributed by atoms with Crippen LogP contribution in [0.4, 0.5) is 0 Å². The van der Waals surface area contributed by atoms with Gasteiger partial charge in [-0.25, -0.2) is 4.98 Å². The fourth-order valence-corrected chi connectivity index (χ4v) is 3.32. The molecule has 1 aromatic heterocycles. The Balaban J connectivity index is 3.27. The summed E-state index contributed by atoms with van der Waals surface area (Å²) in [6.45, 7) is -3.82. The third-order valence-corrected chi connectivity index (χ3v) is 5.63. The van der Waals surface area contributed by atoms with E-state index in [0.29, 0.717) is 0 Å². The Kier molecular flexibility index (Phi) is 15.2. The van der Waals surface area contributed by atoms with Gasteiger partial charge < -0.3 is 50.7 Å². The highest BCUT2D eigenvalue weighted by atomic mass is 16.3. The maximum Gasteiger partial charge on any atom is 0.274 e. The number of aromatic nitrogens is 2. The summed E-state index contributed by atoms with van der Waals surface area (Å²) in [4.78, 5) is 36.8. The third-order valence-electron chi connectivity index (χ3n) is 5.63. The molecule has 0 saturated heterocycles. The molecule has 0 aromatic carbocycles. The molecule has 36 heavy (non-hydrogen) atoms. The van der Waals surface area contributed by atoms with Crippen molar-refractivity contribution in [2.75, 3.05) is 79.0 Å². The molecule has 206 valence electrons. The van der Waals surface area contributed by atoms with Crippen LogP contribution in [-0.2, 0) is 0 Å². The second-order valence-electron chi connectivity index (χ2n) is 8.63. The van der Waals surface area contributed by atoms with Crippen LogP contribution in [0.15, 0.2) is 12.4 Å². The minimum absolute atomic E-state index is 0.113. The summed E-state index contributed by atoms with van der Waals surface area (Å²) in [6, 6.07) is 0. The molecule has 0 aliphatic rings. The first kappa shape index (κ1) is 31.7. The van der Waals surface area contributed by atoms with Gasteiger partial charge >= 0.3 is 0 Å². The van der Waals surface area contributed by atoms with E-state index >= 15 is 0 Å². The molecule has 0 spiro atoms. The number of aliphatic hydroxyl groups excluding tert-OH is 8. The second-order valence-corrected chi connectivity index (χ2v) is 8.63. The molecule has 1 heterocycles. The number of aliphatic hydroxyl groups is 8. The Bertz CT molecular complexity index is 684. The molecular weight excluding hydrogens is 480 g/mol. The fourth-order valence-electron chi connectivity index (χ4n) is 3.32. The number of carbonyl (C=O) groups excluding carboxylic acids is 2. The lowest BCUT2D eigenvalue weighted by molar-refractivity contribution is 0.0510. The summed E-state index contributed by atoms with van der Waals surface area (Å²) in [7, 11) is 0. The maximum atomic E-state index is 13.2. The Morgan fingerprint density at radius 1 is 0.556 bits per heavy atom. The van der Waals surface area contributed by atoms with Gasteiger partial charge in [0, 0.05) is 103 Å². The molecule has 1 aromatic rings. The lowest BCUT2D eigenvalue weighted by Crippen LogP contribution is -2.43. The van der Waals surface area contributed by atoms with Gasteiger partial charge in [-0.15, -0.1) is 0 Å². The fraction of sp³-hybridized carbons (Fsp3) is 0.727. The van der Waals surface area contributed by atoms with E-state index in [2.05, 4.69) is 9.97 Å². The highest BCUT2D eigenvalue weighted by Gasteiger charge is 2.27. The molecule has 0 saturated carbocycles. The zero-order chi connectivity index (χ0) is 27.1. The molecule has 0 unspecified atom stereocenters. The summed E-state index contributed by atoms with van der Waals surface area (Å²) in [5, 5.41) is 75.5. The average Bonchev–Trinajstić information content (AvgIpc) is 2.92. The van der Waals surface area contributed by atoms with Gasteiger partial charge in [0.05, 0.1) is 12.4 Å². The normalized spacial score (nSPS) is 11.7. The van der Waals surface area contributed by atoms with Crippen molar-refractivity contribution in [3.63, 3.8) is 0 Å². The van der Waals surface area contributed by atoms with E-state index < -0.39 is 88.3 Å². The van der Waals surface area contributed by atoms with Crippen LogP contribution in [0.2, 0.25) is 0 Å². The van der Waals surface area contributed by atoms with Crippen molar-refractivity contribution < 1.29 is 50.4 Å². The minimum Gasteiger partial charge on any atom is -0.396 e. The SMILES string of the molecule is O=C(c1cncc(C(=O)N(CC(CO)CO)CC(CO)CO)n1)N(CC(CO)CO)CC(CO)CO. The van der Waals surface area contributed by atoms with Gasteiger partial charge in [-0.1, -0.05) is 0 Å². The van der Waals surface area contributed by atoms with E-state index in [1.165, 1.54) is 9.80 Å². The van der Waals surface area contributed by atoms with E-state index in [4.69, 9.17) is 0 Å².